The molecule has 0 fully saturated rings. The van der Waals surface area contributed by atoms with E-state index in [0.29, 0.717) is 0 Å². The minimum absolute atomic E-state index is 0.885. The number of anilines is 1. The number of hydrazine groups is 1. The Morgan fingerprint density at radius 1 is 1.21 bits per heavy atom. The minimum atomic E-state index is 0.885. The first-order chi connectivity index (χ1) is 6.93. The first kappa shape index (κ1) is 7.32. The third kappa shape index (κ3) is 1.01. The molecule has 4 nitrogen and oxygen atoms in total. The number of rotatable bonds is 1. The third-order valence-corrected chi connectivity index (χ3v) is 2.16. The molecule has 1 aliphatic rings. The molecule has 0 radical (unpaired) electrons. The molecule has 2 aromatic rings. The molecule has 0 amide bonds. The van der Waals surface area contributed by atoms with Crippen molar-refractivity contribution in [1.29, 1.82) is 0 Å². The van der Waals surface area contributed by atoms with Gasteiger partial charge in [-0.1, -0.05) is 18.2 Å². The van der Waals surface area contributed by atoms with E-state index in [4.69, 9.17) is 4.84 Å². The van der Waals surface area contributed by atoms with Crippen molar-refractivity contribution in [3.8, 4) is 0 Å². The third-order valence-electron chi connectivity index (χ3n) is 2.16. The Hall–Kier alpha value is -2.10. The monoisotopic (exact) mass is 187 g/mol. The van der Waals surface area contributed by atoms with E-state index in [2.05, 4.69) is 16.5 Å². The van der Waals surface area contributed by atoms with Crippen LogP contribution in [0.4, 0.5) is 5.82 Å². The molecule has 3 rings (SSSR count). The zero-order valence-electron chi connectivity index (χ0n) is 7.40. The normalized spacial score (nSPS) is 14.4. The van der Waals surface area contributed by atoms with Gasteiger partial charge in [-0.15, -0.1) is 5.17 Å². The minimum Gasteiger partial charge on any atom is -0.364 e. The van der Waals surface area contributed by atoms with Gasteiger partial charge in [0.25, 0.3) is 0 Å². The summed E-state index contributed by atoms with van der Waals surface area (Å²) in [5.41, 5.74) is 4.03. The number of nitrogens with one attached hydrogen (secondary N) is 2. The summed E-state index contributed by atoms with van der Waals surface area (Å²) in [4.78, 5) is 8.41. The molecule has 0 bridgehead atoms. The Labute approximate surface area is 80.7 Å². The summed E-state index contributed by atoms with van der Waals surface area (Å²) >= 11 is 0. The molecular formula is C10H9N3O. The summed E-state index contributed by atoms with van der Waals surface area (Å²) in [7, 11) is 0. The lowest BCUT2D eigenvalue weighted by molar-refractivity contribution is 0.219. The summed E-state index contributed by atoms with van der Waals surface area (Å²) < 4.78 is 0. The highest BCUT2D eigenvalue weighted by atomic mass is 16.7. The number of H-pyrrole nitrogens is 1. The van der Waals surface area contributed by atoms with E-state index in [1.807, 2.05) is 24.3 Å². The van der Waals surface area contributed by atoms with Crippen molar-refractivity contribution < 1.29 is 4.84 Å². The van der Waals surface area contributed by atoms with Gasteiger partial charge in [0, 0.05) is 10.9 Å². The molecule has 14 heavy (non-hydrogen) atoms. The van der Waals surface area contributed by atoms with Crippen LogP contribution in [0.3, 0.4) is 0 Å². The van der Waals surface area contributed by atoms with Crippen LogP contribution in [0.1, 0.15) is 0 Å². The number of benzene rings is 1. The van der Waals surface area contributed by atoms with E-state index < -0.39 is 0 Å². The lowest BCUT2D eigenvalue weighted by Crippen LogP contribution is -2.27. The Kier molecular flexibility index (Phi) is 1.41. The molecule has 4 heteroatoms. The summed E-state index contributed by atoms with van der Waals surface area (Å²) in [6.07, 6.45) is 3.32. The van der Waals surface area contributed by atoms with Crippen LogP contribution in [-0.2, 0) is 4.84 Å². The van der Waals surface area contributed by atoms with Gasteiger partial charge in [0.15, 0.2) is 5.82 Å². The van der Waals surface area contributed by atoms with Crippen molar-refractivity contribution in [3.63, 3.8) is 0 Å². The maximum Gasteiger partial charge on any atom is 0.167 e. The lowest BCUT2D eigenvalue weighted by atomic mass is 10.2. The fourth-order valence-electron chi connectivity index (χ4n) is 1.51. The first-order valence-corrected chi connectivity index (χ1v) is 4.39. The van der Waals surface area contributed by atoms with Crippen LogP contribution >= 0.6 is 0 Å². The Bertz CT molecular complexity index is 448. The van der Waals surface area contributed by atoms with Crippen molar-refractivity contribution >= 4 is 16.7 Å². The average Bonchev–Trinajstić information content (AvgIpc) is 2.86. The Balaban J connectivity index is 2.05. The predicted molar refractivity (Wildman–Crippen MR) is 54.1 cm³/mol. The maximum absolute atomic E-state index is 5.18. The molecule has 1 aliphatic heterocycles. The number of nitrogens with zero attached hydrogens (tertiary/aromatic N) is 1. The molecule has 1 aromatic carbocycles. The van der Waals surface area contributed by atoms with Gasteiger partial charge in [0.2, 0.25) is 0 Å². The zero-order valence-corrected chi connectivity index (χ0v) is 7.40. The molecule has 70 valence electrons. The summed E-state index contributed by atoms with van der Waals surface area (Å²) in [5.74, 6) is 0.885. The van der Waals surface area contributed by atoms with Crippen LogP contribution < -0.4 is 10.6 Å². The van der Waals surface area contributed by atoms with Crippen molar-refractivity contribution in [2.24, 2.45) is 0 Å². The number of para-hydroxylation sites is 1. The van der Waals surface area contributed by atoms with Crippen LogP contribution in [0.5, 0.6) is 0 Å². The van der Waals surface area contributed by atoms with Crippen LogP contribution in [0.25, 0.3) is 10.9 Å². The second kappa shape index (κ2) is 2.70. The van der Waals surface area contributed by atoms with Gasteiger partial charge in [-0.05, 0) is 12.1 Å². The van der Waals surface area contributed by atoms with Crippen LogP contribution in [0.2, 0.25) is 0 Å². The van der Waals surface area contributed by atoms with E-state index in [1.54, 1.807) is 17.6 Å². The smallest absolute Gasteiger partial charge is 0.167 e. The van der Waals surface area contributed by atoms with Crippen LogP contribution in [0.15, 0.2) is 42.8 Å². The molecule has 0 atom stereocenters. The van der Waals surface area contributed by atoms with Gasteiger partial charge in [-0.25, -0.2) is 0 Å². The number of hydrogen-bond acceptors (Lipinski definition) is 3. The van der Waals surface area contributed by atoms with Gasteiger partial charge in [0.05, 0.1) is 6.20 Å². The van der Waals surface area contributed by atoms with Gasteiger partial charge < -0.3 is 9.82 Å². The van der Waals surface area contributed by atoms with E-state index in [-0.39, 0.29) is 0 Å². The molecule has 2 N–H and O–H groups in total. The molecule has 0 saturated heterocycles. The molecular weight excluding hydrogens is 178 g/mol. The topological polar surface area (TPSA) is 40.3 Å². The van der Waals surface area contributed by atoms with Crippen LogP contribution in [0, 0.1) is 0 Å². The number of fused-ring (bicyclic) bond motifs is 1. The quantitative estimate of drug-likeness (QED) is 0.716. The molecule has 0 unspecified atom stereocenters. The van der Waals surface area contributed by atoms with E-state index in [1.165, 1.54) is 5.39 Å². The van der Waals surface area contributed by atoms with Crippen molar-refractivity contribution in [1.82, 2.24) is 10.4 Å². The highest BCUT2D eigenvalue weighted by Gasteiger charge is 2.11. The molecule has 0 aliphatic carbocycles. The summed E-state index contributed by atoms with van der Waals surface area (Å²) in [5, 5.41) is 2.74. The SMILES string of the molecule is C1=CON(c2cc3ccccc3[nH]2)N1. The largest absolute Gasteiger partial charge is 0.364 e. The standard InChI is InChI=1S/C10H9N3O/c1-2-4-9-8(3-1)7-10(12-9)13-11-5-6-14-13/h1-7,11-12H. The molecule has 0 saturated carbocycles. The highest BCUT2D eigenvalue weighted by Crippen LogP contribution is 2.21. The highest BCUT2D eigenvalue weighted by molar-refractivity contribution is 5.83. The fourth-order valence-corrected chi connectivity index (χ4v) is 1.51. The number of aromatic amines is 1. The maximum atomic E-state index is 5.18. The Morgan fingerprint density at radius 2 is 2.14 bits per heavy atom. The Morgan fingerprint density at radius 3 is 2.93 bits per heavy atom. The van der Waals surface area contributed by atoms with Crippen molar-refractivity contribution in [3.05, 3.63) is 42.8 Å². The molecule has 0 spiro atoms. The van der Waals surface area contributed by atoms with Crippen molar-refractivity contribution in [2.75, 3.05) is 5.17 Å². The average molecular weight is 187 g/mol. The van der Waals surface area contributed by atoms with Gasteiger partial charge in [0.1, 0.15) is 6.26 Å². The summed E-state index contributed by atoms with van der Waals surface area (Å²) in [6.45, 7) is 0. The lowest BCUT2D eigenvalue weighted by Gasteiger charge is -2.13. The second-order valence-electron chi connectivity index (χ2n) is 3.07. The van der Waals surface area contributed by atoms with Gasteiger partial charge in [-0.2, -0.15) is 0 Å². The molecule has 1 aromatic heterocycles. The summed E-state index contributed by atoms with van der Waals surface area (Å²) in [6, 6.07) is 10.1. The zero-order chi connectivity index (χ0) is 9.38. The fraction of sp³-hybridized carbons (Fsp3) is 0. The van der Waals surface area contributed by atoms with E-state index in [0.717, 1.165) is 11.3 Å². The van der Waals surface area contributed by atoms with E-state index >= 15 is 0 Å². The second-order valence-corrected chi connectivity index (χ2v) is 3.07. The van der Waals surface area contributed by atoms with Gasteiger partial charge in [-0.3, -0.25) is 5.43 Å². The van der Waals surface area contributed by atoms with Crippen LogP contribution in [-0.4, -0.2) is 4.98 Å². The number of hydrogen-bond donors (Lipinski definition) is 2. The first-order valence-electron chi connectivity index (χ1n) is 4.39. The predicted octanol–water partition coefficient (Wildman–Crippen LogP) is 1.90. The number of aromatic nitrogens is 1. The van der Waals surface area contributed by atoms with Gasteiger partial charge >= 0.3 is 0 Å². The van der Waals surface area contributed by atoms with Crippen molar-refractivity contribution in [2.45, 2.75) is 0 Å². The van der Waals surface area contributed by atoms with E-state index in [9.17, 15) is 0 Å². The molecule has 2 heterocycles.